The summed E-state index contributed by atoms with van der Waals surface area (Å²) in [6, 6.07) is 10.1. The molecule has 13 heteroatoms. The second-order valence-electron chi connectivity index (χ2n) is 11.0. The van der Waals surface area contributed by atoms with Gasteiger partial charge >= 0.3 is 16.3 Å². The standard InChI is InChI=1S/C14H19NO2.C12H21NO8S/c1-17-14(16)13(11-7-3-2-4-8-11)12-9-5-6-10-15-12;1-10(2)18-7-5-16-12(6-17-22(13,14)15)9(8(7)19-10)20-11(3,4)21-12/h2-4,7-8,12-13,15H,5-6,9-10H2,1H3;7-9H,5-6H2,1-4H3,(H2,13,14,15)/t;7-,8-,9+,12+/m.1/s1. The maximum Gasteiger partial charge on any atom is 0.333 e. The maximum atomic E-state index is 11.9. The first-order valence-electron chi connectivity index (χ1n) is 13.2. The Morgan fingerprint density at radius 3 is 2.44 bits per heavy atom. The zero-order valence-electron chi connectivity index (χ0n) is 23.1. The van der Waals surface area contributed by atoms with E-state index in [0.29, 0.717) is 0 Å². The fourth-order valence-corrected chi connectivity index (χ4v) is 5.92. The molecule has 0 bridgehead atoms. The average molecular weight is 573 g/mol. The lowest BCUT2D eigenvalue weighted by molar-refractivity contribution is -0.290. The predicted molar refractivity (Wildman–Crippen MR) is 138 cm³/mol. The molecule has 0 amide bonds. The molecule has 4 fully saturated rings. The summed E-state index contributed by atoms with van der Waals surface area (Å²) in [5.74, 6) is -3.51. The topological polar surface area (TPSA) is 154 Å². The molecule has 12 nitrogen and oxygen atoms in total. The van der Waals surface area contributed by atoms with Crippen LogP contribution in [0.5, 0.6) is 0 Å². The van der Waals surface area contributed by atoms with Gasteiger partial charge in [0, 0.05) is 6.04 Å². The molecule has 4 aliphatic heterocycles. The molecular weight excluding hydrogens is 532 g/mol. The minimum atomic E-state index is -4.14. The molecule has 4 aliphatic rings. The van der Waals surface area contributed by atoms with E-state index in [1.165, 1.54) is 20.0 Å². The van der Waals surface area contributed by atoms with Gasteiger partial charge in [0.05, 0.1) is 19.6 Å². The number of rotatable bonds is 6. The molecule has 2 unspecified atom stereocenters. The number of hydrogen-bond donors (Lipinski definition) is 2. The van der Waals surface area contributed by atoms with Crippen LogP contribution in [0.1, 0.15) is 58.4 Å². The number of hydrogen-bond acceptors (Lipinski definition) is 11. The number of nitrogens with one attached hydrogen (secondary N) is 1. The number of ether oxygens (including phenoxy) is 6. The predicted octanol–water partition coefficient (Wildman–Crippen LogP) is 1.69. The highest BCUT2D eigenvalue weighted by Crippen LogP contribution is 2.47. The van der Waals surface area contributed by atoms with Gasteiger partial charge in [0.15, 0.2) is 11.6 Å². The number of nitrogens with two attached hydrogens (primary N) is 1. The van der Waals surface area contributed by atoms with Crippen LogP contribution < -0.4 is 10.5 Å². The molecule has 5 rings (SSSR count). The Balaban J connectivity index is 0.000000187. The molecule has 4 saturated heterocycles. The minimum absolute atomic E-state index is 0.143. The van der Waals surface area contributed by atoms with Gasteiger partial charge in [-0.25, -0.2) is 5.14 Å². The normalized spacial score (nSPS) is 33.7. The minimum Gasteiger partial charge on any atom is -0.469 e. The quantitative estimate of drug-likeness (QED) is 0.479. The Kier molecular flexibility index (Phi) is 9.06. The average Bonchev–Trinajstić information content (AvgIpc) is 3.35. The highest BCUT2D eigenvalue weighted by atomic mass is 32.2. The highest BCUT2D eigenvalue weighted by molar-refractivity contribution is 7.84. The fraction of sp³-hybridized carbons (Fsp3) is 0.731. The third kappa shape index (κ3) is 7.34. The highest BCUT2D eigenvalue weighted by Gasteiger charge is 2.65. The summed E-state index contributed by atoms with van der Waals surface area (Å²) in [5.41, 5.74) is 1.04. The Labute approximate surface area is 230 Å². The van der Waals surface area contributed by atoms with Crippen LogP contribution in [-0.4, -0.2) is 83.0 Å². The van der Waals surface area contributed by atoms with Gasteiger partial charge in [-0.2, -0.15) is 8.42 Å². The smallest absolute Gasteiger partial charge is 0.333 e. The Morgan fingerprint density at radius 2 is 1.82 bits per heavy atom. The van der Waals surface area contributed by atoms with Gasteiger partial charge in [-0.3, -0.25) is 8.98 Å². The van der Waals surface area contributed by atoms with E-state index >= 15 is 0 Å². The second kappa shape index (κ2) is 11.7. The molecule has 39 heavy (non-hydrogen) atoms. The lowest BCUT2D eigenvalue weighted by Gasteiger charge is -2.40. The van der Waals surface area contributed by atoms with Crippen LogP contribution in [0, 0.1) is 0 Å². The molecule has 220 valence electrons. The van der Waals surface area contributed by atoms with Crippen molar-refractivity contribution in [3.05, 3.63) is 35.9 Å². The first-order valence-corrected chi connectivity index (χ1v) is 14.6. The first-order chi connectivity index (χ1) is 18.2. The van der Waals surface area contributed by atoms with Crippen molar-refractivity contribution in [2.75, 3.05) is 26.9 Å². The summed E-state index contributed by atoms with van der Waals surface area (Å²) in [4.78, 5) is 11.9. The van der Waals surface area contributed by atoms with E-state index in [0.717, 1.165) is 18.5 Å². The zero-order valence-corrected chi connectivity index (χ0v) is 23.9. The summed E-state index contributed by atoms with van der Waals surface area (Å²) in [6.45, 7) is 7.70. The second-order valence-corrected chi connectivity index (χ2v) is 12.2. The Hall–Kier alpha value is -1.68. The number of carbonyl (C=O) groups is 1. The van der Waals surface area contributed by atoms with Crippen LogP contribution in [0.2, 0.25) is 0 Å². The molecule has 3 N–H and O–H groups in total. The number of methoxy groups -OCH3 is 1. The van der Waals surface area contributed by atoms with Crippen molar-refractivity contribution < 1.29 is 45.8 Å². The van der Waals surface area contributed by atoms with Gasteiger partial charge in [-0.15, -0.1) is 0 Å². The van der Waals surface area contributed by atoms with E-state index in [4.69, 9.17) is 37.7 Å². The van der Waals surface area contributed by atoms with Gasteiger partial charge < -0.3 is 33.7 Å². The molecule has 0 saturated carbocycles. The molecule has 0 aromatic heterocycles. The molecule has 4 heterocycles. The van der Waals surface area contributed by atoms with Crippen LogP contribution in [0.25, 0.3) is 0 Å². The van der Waals surface area contributed by atoms with Gasteiger partial charge in [0.25, 0.3) is 0 Å². The van der Waals surface area contributed by atoms with Crippen LogP contribution in [0.4, 0.5) is 0 Å². The summed E-state index contributed by atoms with van der Waals surface area (Å²) >= 11 is 0. The van der Waals surface area contributed by atoms with E-state index in [1.54, 1.807) is 27.7 Å². The van der Waals surface area contributed by atoms with E-state index in [9.17, 15) is 13.2 Å². The lowest BCUT2D eigenvalue weighted by Crippen LogP contribution is -2.60. The van der Waals surface area contributed by atoms with Crippen LogP contribution in [-0.2, 0) is 47.7 Å². The summed E-state index contributed by atoms with van der Waals surface area (Å²) in [7, 11) is -2.68. The van der Waals surface area contributed by atoms with E-state index in [-0.39, 0.29) is 30.6 Å². The molecular formula is C26H40N2O10S. The van der Waals surface area contributed by atoms with Crippen LogP contribution >= 0.6 is 0 Å². The Bertz CT molecular complexity index is 1090. The van der Waals surface area contributed by atoms with Crippen molar-refractivity contribution >= 4 is 16.3 Å². The maximum absolute atomic E-state index is 11.9. The van der Waals surface area contributed by atoms with Gasteiger partial charge in [0.2, 0.25) is 5.79 Å². The largest absolute Gasteiger partial charge is 0.469 e. The number of esters is 1. The van der Waals surface area contributed by atoms with Gasteiger partial charge in [-0.1, -0.05) is 36.8 Å². The summed E-state index contributed by atoms with van der Waals surface area (Å²) in [6.07, 6.45) is 1.91. The van der Waals surface area contributed by atoms with Crippen molar-refractivity contribution in [2.45, 2.75) is 94.6 Å². The third-order valence-corrected chi connectivity index (χ3v) is 7.51. The SMILES string of the molecule is CC1(C)O[C@@H]2[C@@H](CO[C@@]3(COS(N)(=O)=O)OC(C)(C)O[C@@H]23)O1.COC(=O)C(c1ccccc1)C1CCCCN1. The van der Waals surface area contributed by atoms with Crippen molar-refractivity contribution in [3.8, 4) is 0 Å². The third-order valence-electron chi connectivity index (χ3n) is 7.06. The van der Waals surface area contributed by atoms with Crippen LogP contribution in [0.3, 0.4) is 0 Å². The van der Waals surface area contributed by atoms with E-state index in [2.05, 4.69) is 5.32 Å². The Morgan fingerprint density at radius 1 is 1.10 bits per heavy atom. The van der Waals surface area contributed by atoms with Crippen molar-refractivity contribution in [3.63, 3.8) is 0 Å². The molecule has 1 aromatic rings. The summed E-state index contributed by atoms with van der Waals surface area (Å²) < 4.78 is 60.8. The number of fused-ring (bicyclic) bond motifs is 3. The number of benzene rings is 1. The lowest BCUT2D eigenvalue weighted by atomic mass is 9.86. The van der Waals surface area contributed by atoms with Crippen molar-refractivity contribution in [1.29, 1.82) is 0 Å². The first kappa shape index (κ1) is 30.3. The van der Waals surface area contributed by atoms with Crippen molar-refractivity contribution in [1.82, 2.24) is 5.32 Å². The van der Waals surface area contributed by atoms with E-state index in [1.807, 2.05) is 30.3 Å². The van der Waals surface area contributed by atoms with Crippen molar-refractivity contribution in [2.24, 2.45) is 5.14 Å². The number of carbonyl (C=O) groups excluding carboxylic acids is 1. The van der Waals surface area contributed by atoms with Crippen LogP contribution in [0.15, 0.2) is 30.3 Å². The molecule has 1 aromatic carbocycles. The fourth-order valence-electron chi connectivity index (χ4n) is 5.60. The van der Waals surface area contributed by atoms with E-state index < -0.39 is 46.5 Å². The molecule has 0 aliphatic carbocycles. The summed E-state index contributed by atoms with van der Waals surface area (Å²) in [5, 5.41) is 8.32. The monoisotopic (exact) mass is 572 g/mol. The molecule has 0 radical (unpaired) electrons. The molecule has 0 spiro atoms. The molecule has 6 atom stereocenters. The number of piperidine rings is 1. The zero-order chi connectivity index (χ0) is 28.5. The van der Waals surface area contributed by atoms with Gasteiger partial charge in [-0.05, 0) is 52.6 Å². The van der Waals surface area contributed by atoms with Gasteiger partial charge in [0.1, 0.15) is 24.9 Å².